The Labute approximate surface area is 276 Å². The van der Waals surface area contributed by atoms with Crippen LogP contribution < -0.4 is 18.9 Å². The van der Waals surface area contributed by atoms with E-state index < -0.39 is 26.6 Å². The monoisotopic (exact) mass is 680 g/mol. The molecule has 0 radical (unpaired) electrons. The second-order valence-corrected chi connectivity index (χ2v) is 13.6. The predicted molar refractivity (Wildman–Crippen MR) is 179 cm³/mol. The molecule has 5 aromatic rings. The van der Waals surface area contributed by atoms with E-state index in [1.165, 1.54) is 35.6 Å². The molecule has 3 aromatic carbocycles. The number of fused-ring (bicyclic) bond motifs is 1. The van der Waals surface area contributed by atoms with Crippen molar-refractivity contribution in [2.24, 2.45) is 0 Å². The van der Waals surface area contributed by atoms with E-state index in [2.05, 4.69) is 26.6 Å². The Kier molecular flexibility index (Phi) is 9.87. The van der Waals surface area contributed by atoms with Crippen LogP contribution in [0.4, 0.5) is 14.5 Å². The maximum absolute atomic E-state index is 15.3. The Hall–Kier alpha value is -4.30. The number of halogens is 2. The van der Waals surface area contributed by atoms with Gasteiger partial charge in [-0.15, -0.1) is 0 Å². The minimum absolute atomic E-state index is 0.0918. The average Bonchev–Trinajstić information content (AvgIpc) is 3.60. The number of ether oxygens (including phenoxy) is 3. The summed E-state index contributed by atoms with van der Waals surface area (Å²) in [6.07, 6.45) is 2.41. The topological polar surface area (TPSA) is 93.2 Å². The first-order chi connectivity index (χ1) is 22.7. The smallest absolute Gasteiger partial charge is 0.264 e. The highest BCUT2D eigenvalue weighted by Gasteiger charge is 2.22. The molecule has 1 N–H and O–H groups in total. The molecule has 1 saturated heterocycles. The third kappa shape index (κ3) is 7.65. The van der Waals surface area contributed by atoms with Gasteiger partial charge in [-0.05, 0) is 77.8 Å². The van der Waals surface area contributed by atoms with Gasteiger partial charge in [0.05, 0.1) is 24.9 Å². The molecule has 0 atom stereocenters. The summed E-state index contributed by atoms with van der Waals surface area (Å²) >= 11 is 1.44. The first-order valence-corrected chi connectivity index (χ1v) is 17.5. The molecule has 0 aliphatic carbocycles. The Morgan fingerprint density at radius 3 is 2.47 bits per heavy atom. The molecule has 1 fully saturated rings. The first kappa shape index (κ1) is 32.6. The lowest BCUT2D eigenvalue weighted by atomic mass is 10.1. The third-order valence-electron chi connectivity index (χ3n) is 7.94. The summed E-state index contributed by atoms with van der Waals surface area (Å²) in [6.45, 7) is 5.69. The number of sulfonamides is 1. The molecule has 3 heterocycles. The van der Waals surface area contributed by atoms with Crippen LogP contribution in [0.1, 0.15) is 6.42 Å². The molecule has 1 aliphatic rings. The summed E-state index contributed by atoms with van der Waals surface area (Å²) in [5, 5.41) is 4.24. The fraction of sp³-hybridized carbons (Fsp3) is 0.265. The molecule has 0 saturated carbocycles. The van der Waals surface area contributed by atoms with Gasteiger partial charge in [0.25, 0.3) is 10.0 Å². The highest BCUT2D eigenvalue weighted by Crippen LogP contribution is 2.38. The van der Waals surface area contributed by atoms with Gasteiger partial charge in [0.2, 0.25) is 0 Å². The van der Waals surface area contributed by atoms with E-state index in [-0.39, 0.29) is 11.4 Å². The fourth-order valence-corrected chi connectivity index (χ4v) is 7.14. The number of anilines is 1. The largest absolute Gasteiger partial charge is 0.493 e. The van der Waals surface area contributed by atoms with E-state index in [1.54, 1.807) is 31.5 Å². The zero-order chi connectivity index (χ0) is 33.0. The number of rotatable bonds is 12. The summed E-state index contributed by atoms with van der Waals surface area (Å²) < 4.78 is 75.9. The summed E-state index contributed by atoms with van der Waals surface area (Å²) in [7, 11) is -0.696. The number of likely N-dealkylation sites (N-methyl/N-ethyl adjacent to an activating group) is 1. The van der Waals surface area contributed by atoms with E-state index in [0.717, 1.165) is 56.8 Å². The number of methoxy groups -OCH3 is 1. The van der Waals surface area contributed by atoms with Gasteiger partial charge >= 0.3 is 0 Å². The molecule has 13 heteroatoms. The summed E-state index contributed by atoms with van der Waals surface area (Å²) in [5.74, 6) is -0.548. The van der Waals surface area contributed by atoms with Gasteiger partial charge in [0.15, 0.2) is 23.1 Å². The SMILES string of the molecule is COc1cc2c(Oc3ccc(NS(=O)(=O)c4cc(-c5ccsc5)ccc4F)cc3F)ccnc2cc1OCCCN1CCN(C)CC1. The van der Waals surface area contributed by atoms with Crippen LogP contribution in [0.3, 0.4) is 0 Å². The molecular formula is C34H34F2N4O5S2. The van der Waals surface area contributed by atoms with Gasteiger partial charge in [-0.1, -0.05) is 6.07 Å². The zero-order valence-electron chi connectivity index (χ0n) is 25.9. The number of hydrogen-bond donors (Lipinski definition) is 1. The Morgan fingerprint density at radius 1 is 0.894 bits per heavy atom. The van der Waals surface area contributed by atoms with Crippen LogP contribution in [0, 0.1) is 11.6 Å². The van der Waals surface area contributed by atoms with Gasteiger partial charge in [-0.3, -0.25) is 9.71 Å². The maximum atomic E-state index is 15.3. The van der Waals surface area contributed by atoms with Crippen molar-refractivity contribution in [3.8, 4) is 34.1 Å². The number of piperazine rings is 1. The standard InChI is InChI=1S/C34H34F2N4O5S2/c1-39-12-14-40(15-13-39)11-3-16-44-33-21-29-26(20-32(33)43-2)30(8-10-37-29)45-31-7-5-25(19-28(31)36)38-47(41,42)34-18-23(4-6-27(34)35)24-9-17-46-22-24/h4-10,17-22,38H,3,11-16H2,1-2H3. The predicted octanol–water partition coefficient (Wildman–Crippen LogP) is 6.86. The van der Waals surface area contributed by atoms with Gasteiger partial charge in [0.1, 0.15) is 16.5 Å². The van der Waals surface area contributed by atoms with Crippen LogP contribution in [0.25, 0.3) is 22.0 Å². The number of hydrogen-bond acceptors (Lipinski definition) is 9. The number of nitrogens with zero attached hydrogens (tertiary/aromatic N) is 3. The van der Waals surface area contributed by atoms with Gasteiger partial charge in [0, 0.05) is 56.4 Å². The lowest BCUT2D eigenvalue weighted by Crippen LogP contribution is -2.44. The Balaban J connectivity index is 1.15. The molecular weight excluding hydrogens is 647 g/mol. The van der Waals surface area contributed by atoms with Crippen LogP contribution in [-0.2, 0) is 10.0 Å². The van der Waals surface area contributed by atoms with Gasteiger partial charge < -0.3 is 24.0 Å². The molecule has 246 valence electrons. The molecule has 0 spiro atoms. The maximum Gasteiger partial charge on any atom is 0.264 e. The Morgan fingerprint density at radius 2 is 1.72 bits per heavy atom. The average molecular weight is 681 g/mol. The van der Waals surface area contributed by atoms with Crippen LogP contribution in [0.2, 0.25) is 0 Å². The van der Waals surface area contributed by atoms with Crippen molar-refractivity contribution < 1.29 is 31.4 Å². The Bertz CT molecular complexity index is 1970. The number of aromatic nitrogens is 1. The highest BCUT2D eigenvalue weighted by molar-refractivity contribution is 7.92. The minimum Gasteiger partial charge on any atom is -0.493 e. The first-order valence-electron chi connectivity index (χ1n) is 15.0. The van der Waals surface area contributed by atoms with E-state index in [9.17, 15) is 12.8 Å². The van der Waals surface area contributed by atoms with Gasteiger partial charge in [-0.2, -0.15) is 11.3 Å². The van der Waals surface area contributed by atoms with Crippen molar-refractivity contribution in [2.45, 2.75) is 11.3 Å². The number of thiophene rings is 1. The van der Waals surface area contributed by atoms with E-state index in [0.29, 0.717) is 40.3 Å². The van der Waals surface area contributed by atoms with Crippen LogP contribution in [-0.4, -0.2) is 76.7 Å². The summed E-state index contributed by atoms with van der Waals surface area (Å²) in [5.41, 5.74) is 1.78. The molecule has 2 aromatic heterocycles. The number of benzene rings is 3. The molecule has 0 unspecified atom stereocenters. The van der Waals surface area contributed by atoms with E-state index in [1.807, 2.05) is 16.8 Å². The van der Waals surface area contributed by atoms with Crippen molar-refractivity contribution in [1.82, 2.24) is 14.8 Å². The molecule has 9 nitrogen and oxygen atoms in total. The van der Waals surface area contributed by atoms with Crippen molar-refractivity contribution in [1.29, 1.82) is 0 Å². The number of pyridine rings is 1. The van der Waals surface area contributed by atoms with Crippen LogP contribution in [0.15, 0.2) is 82.5 Å². The quantitative estimate of drug-likeness (QED) is 0.143. The second kappa shape index (κ2) is 14.2. The second-order valence-electron chi connectivity index (χ2n) is 11.2. The van der Waals surface area contributed by atoms with Crippen molar-refractivity contribution in [3.63, 3.8) is 0 Å². The molecule has 6 rings (SSSR count). The molecule has 47 heavy (non-hydrogen) atoms. The normalized spacial score (nSPS) is 14.3. The van der Waals surface area contributed by atoms with Crippen molar-refractivity contribution in [3.05, 3.63) is 89.3 Å². The highest BCUT2D eigenvalue weighted by atomic mass is 32.2. The summed E-state index contributed by atoms with van der Waals surface area (Å²) in [6, 6.07) is 14.4. The van der Waals surface area contributed by atoms with Crippen LogP contribution in [0.5, 0.6) is 23.0 Å². The van der Waals surface area contributed by atoms with E-state index in [4.69, 9.17) is 14.2 Å². The van der Waals surface area contributed by atoms with Crippen molar-refractivity contribution >= 4 is 38.0 Å². The van der Waals surface area contributed by atoms with Crippen molar-refractivity contribution in [2.75, 3.05) is 58.2 Å². The molecule has 0 amide bonds. The minimum atomic E-state index is -4.37. The van der Waals surface area contributed by atoms with Gasteiger partial charge in [-0.25, -0.2) is 17.2 Å². The van der Waals surface area contributed by atoms with E-state index >= 15 is 4.39 Å². The van der Waals surface area contributed by atoms with Crippen LogP contribution >= 0.6 is 11.3 Å². The summed E-state index contributed by atoms with van der Waals surface area (Å²) in [4.78, 5) is 8.64. The zero-order valence-corrected chi connectivity index (χ0v) is 27.5. The third-order valence-corrected chi connectivity index (χ3v) is 10.0. The molecule has 0 bridgehead atoms. The fourth-order valence-electron chi connectivity index (χ4n) is 5.32. The molecule has 1 aliphatic heterocycles. The number of nitrogens with one attached hydrogen (secondary N) is 1. The lowest BCUT2D eigenvalue weighted by Gasteiger charge is -2.32. The lowest BCUT2D eigenvalue weighted by molar-refractivity contribution is 0.145.